The van der Waals surface area contributed by atoms with Crippen molar-refractivity contribution in [2.75, 3.05) is 6.61 Å². The molecule has 2 aliphatic rings. The normalized spacial score (nSPS) is 24.1. The van der Waals surface area contributed by atoms with Crippen LogP contribution in [0.25, 0.3) is 0 Å². The van der Waals surface area contributed by atoms with Crippen molar-refractivity contribution in [2.45, 2.75) is 45.3 Å². The van der Waals surface area contributed by atoms with Gasteiger partial charge in [0.1, 0.15) is 0 Å². The van der Waals surface area contributed by atoms with E-state index in [0.717, 1.165) is 17.4 Å². The van der Waals surface area contributed by atoms with E-state index >= 15 is 0 Å². The molecule has 1 unspecified atom stereocenters. The number of ether oxygens (including phenoxy) is 3. The number of carbonyl (C=O) groups excluding carboxylic acids is 3. The van der Waals surface area contributed by atoms with Crippen molar-refractivity contribution in [2.24, 2.45) is 5.92 Å². The molecule has 3 amide bonds. The average Bonchev–Trinajstić information content (AvgIpc) is 3.09. The Morgan fingerprint density at radius 3 is 2.76 bits per heavy atom. The molecule has 10 heteroatoms. The third-order valence-electron chi connectivity index (χ3n) is 5.53. The minimum Gasteiger partial charge on any atom is -0.464 e. The third-order valence-corrected chi connectivity index (χ3v) is 5.53. The molecule has 0 aliphatic carbocycles. The number of hydrogen-bond acceptors (Lipinski definition) is 7. The molecule has 1 aromatic heterocycles. The number of nitrogens with one attached hydrogen (secondary N) is 1. The van der Waals surface area contributed by atoms with Crippen molar-refractivity contribution in [3.05, 3.63) is 53.9 Å². The number of rotatable bonds is 6. The van der Waals surface area contributed by atoms with Crippen molar-refractivity contribution in [1.82, 2.24) is 15.2 Å². The number of amides is 3. The summed E-state index contributed by atoms with van der Waals surface area (Å²) in [6.07, 6.45) is 3.49. The van der Waals surface area contributed by atoms with E-state index in [2.05, 4.69) is 10.3 Å². The lowest BCUT2D eigenvalue weighted by Crippen LogP contribution is -2.69. The Morgan fingerprint density at radius 2 is 2.06 bits per heavy atom. The molecule has 4 atom stereocenters. The van der Waals surface area contributed by atoms with Gasteiger partial charge in [0, 0.05) is 19.3 Å². The minimum absolute atomic E-state index is 0.125. The van der Waals surface area contributed by atoms with Gasteiger partial charge in [-0.05, 0) is 49.6 Å². The van der Waals surface area contributed by atoms with Crippen molar-refractivity contribution in [3.63, 3.8) is 0 Å². The lowest BCUT2D eigenvalue weighted by Gasteiger charge is -2.44. The predicted octanol–water partition coefficient (Wildman–Crippen LogP) is 2.90. The maximum absolute atomic E-state index is 13.9. The van der Waals surface area contributed by atoms with Crippen molar-refractivity contribution in [3.8, 4) is 11.5 Å². The van der Waals surface area contributed by atoms with Crippen LogP contribution in [0.3, 0.4) is 0 Å². The first-order valence-corrected chi connectivity index (χ1v) is 10.6. The van der Waals surface area contributed by atoms with Crippen LogP contribution in [0.15, 0.2) is 42.7 Å². The van der Waals surface area contributed by atoms with Gasteiger partial charge in [-0.25, -0.2) is 14.5 Å². The number of alkyl halides is 1. The Balaban J connectivity index is 1.47. The molecule has 1 aromatic carbocycles. The highest BCUT2D eigenvalue weighted by molar-refractivity contribution is 6.08. The number of esters is 1. The maximum atomic E-state index is 13.9. The van der Waals surface area contributed by atoms with Gasteiger partial charge in [0.05, 0.1) is 18.6 Å². The number of halogens is 1. The molecule has 4 rings (SSSR count). The van der Waals surface area contributed by atoms with E-state index in [-0.39, 0.29) is 24.5 Å². The molecule has 174 valence electrons. The zero-order chi connectivity index (χ0) is 23.8. The quantitative estimate of drug-likeness (QED) is 0.525. The molecule has 1 saturated heterocycles. The van der Waals surface area contributed by atoms with Crippen LogP contribution >= 0.6 is 0 Å². The second kappa shape index (κ2) is 8.68. The summed E-state index contributed by atoms with van der Waals surface area (Å²) in [7, 11) is 0. The van der Waals surface area contributed by atoms with Crippen LogP contribution in [-0.4, -0.2) is 46.5 Å². The van der Waals surface area contributed by atoms with Gasteiger partial charge in [0.2, 0.25) is 5.91 Å². The lowest BCUT2D eigenvalue weighted by molar-refractivity contribution is -0.173. The van der Waals surface area contributed by atoms with Gasteiger partial charge in [-0.15, -0.1) is 0 Å². The number of pyridine rings is 1. The van der Waals surface area contributed by atoms with Gasteiger partial charge in [-0.3, -0.25) is 9.78 Å². The summed E-state index contributed by atoms with van der Waals surface area (Å²) < 4.78 is 29.2. The van der Waals surface area contributed by atoms with Gasteiger partial charge >= 0.3 is 18.0 Å². The number of likely N-dealkylation sites (tertiary alicyclic amines) is 1. The molecular formula is C23H24FN3O6. The number of nitrogens with zero attached hydrogens (tertiary/aromatic N) is 2. The molecule has 2 aromatic rings. The molecular weight excluding hydrogens is 433 g/mol. The summed E-state index contributed by atoms with van der Waals surface area (Å²) >= 11 is 0. The SMILES string of the molecule is CCOC(=O)[C@@H]1[C@@H](Cc2cccnc2)C(=O)N1C(=O)N[C@H](C)c1ccc2c(c1)OC(C)(F)O2. The Kier molecular flexibility index (Phi) is 5.92. The average molecular weight is 457 g/mol. The highest BCUT2D eigenvalue weighted by Crippen LogP contribution is 2.41. The molecule has 0 spiro atoms. The smallest absolute Gasteiger partial charge is 0.404 e. The first-order chi connectivity index (χ1) is 15.7. The van der Waals surface area contributed by atoms with Crippen LogP contribution in [0.4, 0.5) is 9.18 Å². The number of urea groups is 1. The number of fused-ring (bicyclic) bond motifs is 1. The van der Waals surface area contributed by atoms with Crippen LogP contribution in [0, 0.1) is 5.92 Å². The van der Waals surface area contributed by atoms with Crippen LogP contribution in [0.1, 0.15) is 37.9 Å². The number of imide groups is 1. The van der Waals surface area contributed by atoms with Crippen LogP contribution < -0.4 is 14.8 Å². The number of β-lactam (4-membered cyclic amide) rings is 1. The van der Waals surface area contributed by atoms with Gasteiger partial charge in [0.15, 0.2) is 17.5 Å². The number of hydrogen-bond donors (Lipinski definition) is 1. The minimum atomic E-state index is -2.26. The largest absolute Gasteiger partial charge is 0.464 e. The third kappa shape index (κ3) is 4.46. The molecule has 2 aliphatic heterocycles. The summed E-state index contributed by atoms with van der Waals surface area (Å²) in [5.41, 5.74) is 1.38. The summed E-state index contributed by atoms with van der Waals surface area (Å²) in [6, 6.07) is 3.71. The molecule has 1 N–H and O–H groups in total. The van der Waals surface area contributed by atoms with Gasteiger partial charge in [-0.2, -0.15) is 4.39 Å². The number of aromatic nitrogens is 1. The fourth-order valence-electron chi connectivity index (χ4n) is 3.95. The van der Waals surface area contributed by atoms with Crippen molar-refractivity contribution in [1.29, 1.82) is 0 Å². The second-order valence-electron chi connectivity index (χ2n) is 7.99. The van der Waals surface area contributed by atoms with E-state index < -0.39 is 42.0 Å². The Bertz CT molecular complexity index is 1080. The molecule has 33 heavy (non-hydrogen) atoms. The highest BCUT2D eigenvalue weighted by atomic mass is 19.2. The van der Waals surface area contributed by atoms with Crippen molar-refractivity contribution >= 4 is 17.9 Å². The molecule has 1 fully saturated rings. The maximum Gasteiger partial charge on any atom is 0.404 e. The topological polar surface area (TPSA) is 107 Å². The first-order valence-electron chi connectivity index (χ1n) is 10.6. The Labute approximate surface area is 189 Å². The fourth-order valence-corrected chi connectivity index (χ4v) is 3.95. The van der Waals surface area contributed by atoms with Gasteiger partial charge < -0.3 is 19.5 Å². The van der Waals surface area contributed by atoms with Gasteiger partial charge in [0.25, 0.3) is 0 Å². The predicted molar refractivity (Wildman–Crippen MR) is 113 cm³/mol. The summed E-state index contributed by atoms with van der Waals surface area (Å²) in [4.78, 5) is 43.2. The zero-order valence-electron chi connectivity index (χ0n) is 18.4. The highest BCUT2D eigenvalue weighted by Gasteiger charge is 2.55. The Hall–Kier alpha value is -3.69. The van der Waals surface area contributed by atoms with E-state index in [9.17, 15) is 18.8 Å². The van der Waals surface area contributed by atoms with E-state index in [1.807, 2.05) is 0 Å². The molecule has 0 bridgehead atoms. The van der Waals surface area contributed by atoms with Crippen LogP contribution in [0.2, 0.25) is 0 Å². The number of carbonyl (C=O) groups is 3. The summed E-state index contributed by atoms with van der Waals surface area (Å²) in [5, 5.41) is 2.71. The second-order valence-corrected chi connectivity index (χ2v) is 7.99. The standard InChI is InChI=1S/C23H24FN3O6/c1-4-31-21(29)19-16(10-14-6-5-9-25-12-14)20(28)27(19)22(30)26-13(2)15-7-8-17-18(11-15)33-23(3,24)32-17/h5-9,11-13,16,19H,4,10H2,1-3H3,(H,26,30)/t13-,16-,19+,23?/m1/s1. The van der Waals surface area contributed by atoms with Crippen molar-refractivity contribution < 1.29 is 33.0 Å². The molecule has 0 saturated carbocycles. The van der Waals surface area contributed by atoms with E-state index in [4.69, 9.17) is 14.2 Å². The molecule has 3 heterocycles. The number of benzene rings is 1. The van der Waals surface area contributed by atoms with Crippen LogP contribution in [0.5, 0.6) is 11.5 Å². The van der Waals surface area contributed by atoms with E-state index in [1.165, 1.54) is 6.07 Å². The zero-order valence-corrected chi connectivity index (χ0v) is 18.4. The van der Waals surface area contributed by atoms with E-state index in [1.54, 1.807) is 50.5 Å². The van der Waals surface area contributed by atoms with Gasteiger partial charge in [-0.1, -0.05) is 12.1 Å². The molecule has 9 nitrogen and oxygen atoms in total. The summed E-state index contributed by atoms with van der Waals surface area (Å²) in [6.45, 7) is 4.62. The summed E-state index contributed by atoms with van der Waals surface area (Å²) in [5.74, 6) is -1.37. The first kappa shape index (κ1) is 22.5. The Morgan fingerprint density at radius 1 is 1.30 bits per heavy atom. The monoisotopic (exact) mass is 457 g/mol. The fraction of sp³-hybridized carbons (Fsp3) is 0.391. The van der Waals surface area contributed by atoms with Crippen LogP contribution in [-0.2, 0) is 20.7 Å². The van der Waals surface area contributed by atoms with E-state index in [0.29, 0.717) is 5.56 Å². The lowest BCUT2D eigenvalue weighted by atomic mass is 9.83. The molecule has 0 radical (unpaired) electrons.